The van der Waals surface area contributed by atoms with Gasteiger partial charge in [0.15, 0.2) is 0 Å². The average Bonchev–Trinajstić information content (AvgIpc) is 2.95. The first-order valence-electron chi connectivity index (χ1n) is 6.82. The minimum Gasteiger partial charge on any atom is -0.321 e. The second-order valence-electron chi connectivity index (χ2n) is 5.08. The van der Waals surface area contributed by atoms with E-state index < -0.39 is 0 Å². The first-order valence-corrected chi connectivity index (χ1v) is 7.20. The summed E-state index contributed by atoms with van der Waals surface area (Å²) in [5.41, 5.74) is 0. The van der Waals surface area contributed by atoms with Crippen LogP contribution >= 0.6 is 11.6 Å². The molecule has 102 valence electrons. The van der Waals surface area contributed by atoms with Gasteiger partial charge in [0.1, 0.15) is 11.0 Å². The van der Waals surface area contributed by atoms with Gasteiger partial charge in [-0.15, -0.1) is 0 Å². The second-order valence-corrected chi connectivity index (χ2v) is 5.47. The molecule has 2 heterocycles. The van der Waals surface area contributed by atoms with Crippen molar-refractivity contribution < 1.29 is 0 Å². The van der Waals surface area contributed by atoms with Crippen LogP contribution in [0.5, 0.6) is 0 Å². The Hall–Kier alpha value is -0.580. The van der Waals surface area contributed by atoms with Crippen molar-refractivity contribution in [3.8, 4) is 0 Å². The Morgan fingerprint density at radius 1 is 1.61 bits per heavy atom. The van der Waals surface area contributed by atoms with E-state index in [4.69, 9.17) is 11.6 Å². The molecule has 5 heteroatoms. The lowest BCUT2D eigenvalue weighted by Crippen LogP contribution is -2.38. The average molecular weight is 271 g/mol. The number of rotatable bonds is 6. The predicted octanol–water partition coefficient (Wildman–Crippen LogP) is 2.04. The van der Waals surface area contributed by atoms with Crippen molar-refractivity contribution in [3.63, 3.8) is 0 Å². The molecule has 4 nitrogen and oxygen atoms in total. The van der Waals surface area contributed by atoms with Crippen LogP contribution in [0.15, 0.2) is 6.20 Å². The Morgan fingerprint density at radius 3 is 3.00 bits per heavy atom. The van der Waals surface area contributed by atoms with Crippen molar-refractivity contribution in [1.82, 2.24) is 19.8 Å². The first-order chi connectivity index (χ1) is 8.70. The molecule has 1 aromatic rings. The lowest BCUT2D eigenvalue weighted by atomic mass is 10.2. The number of hydrogen-bond acceptors (Lipinski definition) is 3. The lowest BCUT2D eigenvalue weighted by molar-refractivity contribution is 0.234. The SMILES string of the molecule is CCCN(Cc1ncc(Cl)n1C)CC1CCCN1. The highest BCUT2D eigenvalue weighted by atomic mass is 35.5. The standard InChI is InChI=1S/C13H23ClN4/c1-3-7-18(9-11-5-4-6-15-11)10-13-16-8-12(14)17(13)2/h8,11,15H,3-7,9-10H2,1-2H3. The molecule has 2 rings (SSSR count). The van der Waals surface area contributed by atoms with Crippen molar-refractivity contribution in [2.24, 2.45) is 7.05 Å². The van der Waals surface area contributed by atoms with E-state index in [1.165, 1.54) is 25.8 Å². The molecule has 1 unspecified atom stereocenters. The Bertz CT molecular complexity index is 371. The number of nitrogens with one attached hydrogen (secondary N) is 1. The maximum Gasteiger partial charge on any atom is 0.128 e. The maximum absolute atomic E-state index is 6.03. The van der Waals surface area contributed by atoms with E-state index in [0.717, 1.165) is 25.5 Å². The molecule has 1 saturated heterocycles. The van der Waals surface area contributed by atoms with Gasteiger partial charge in [-0.2, -0.15) is 0 Å². The normalized spacial score (nSPS) is 19.9. The minimum atomic E-state index is 0.646. The summed E-state index contributed by atoms with van der Waals surface area (Å²) in [7, 11) is 1.97. The summed E-state index contributed by atoms with van der Waals surface area (Å²) in [6.45, 7) is 6.50. The summed E-state index contributed by atoms with van der Waals surface area (Å²) in [6, 6.07) is 0.646. The van der Waals surface area contributed by atoms with Crippen molar-refractivity contribution >= 4 is 11.6 Å². The van der Waals surface area contributed by atoms with Crippen LogP contribution in [0, 0.1) is 0 Å². The molecule has 0 bridgehead atoms. The predicted molar refractivity (Wildman–Crippen MR) is 74.8 cm³/mol. The fraction of sp³-hybridized carbons (Fsp3) is 0.769. The van der Waals surface area contributed by atoms with E-state index in [0.29, 0.717) is 11.2 Å². The van der Waals surface area contributed by atoms with E-state index in [9.17, 15) is 0 Å². The summed E-state index contributed by atoms with van der Waals surface area (Å²) in [5, 5.41) is 4.26. The van der Waals surface area contributed by atoms with Crippen LogP contribution in [0.2, 0.25) is 5.15 Å². The Balaban J connectivity index is 1.94. The first kappa shape index (κ1) is 13.8. The minimum absolute atomic E-state index is 0.646. The molecule has 0 spiro atoms. The molecule has 1 fully saturated rings. The maximum atomic E-state index is 6.03. The summed E-state index contributed by atoms with van der Waals surface area (Å²) in [6.07, 6.45) is 5.50. The molecule has 0 amide bonds. The lowest BCUT2D eigenvalue weighted by Gasteiger charge is -2.24. The van der Waals surface area contributed by atoms with Crippen molar-refractivity contribution in [2.45, 2.75) is 38.8 Å². The summed E-state index contributed by atoms with van der Waals surface area (Å²) < 4.78 is 1.96. The zero-order valence-corrected chi connectivity index (χ0v) is 12.1. The van der Waals surface area contributed by atoms with E-state index in [-0.39, 0.29) is 0 Å². The molecule has 1 N–H and O–H groups in total. The molecule has 0 aromatic carbocycles. The quantitative estimate of drug-likeness (QED) is 0.859. The van der Waals surface area contributed by atoms with Crippen molar-refractivity contribution in [3.05, 3.63) is 17.2 Å². The van der Waals surface area contributed by atoms with Crippen LogP contribution < -0.4 is 5.32 Å². The highest BCUT2D eigenvalue weighted by Crippen LogP contribution is 2.13. The van der Waals surface area contributed by atoms with Gasteiger partial charge < -0.3 is 9.88 Å². The molecule has 1 atom stereocenters. The third-order valence-corrected chi connectivity index (χ3v) is 3.92. The zero-order valence-electron chi connectivity index (χ0n) is 11.3. The molecule has 1 aromatic heterocycles. The van der Waals surface area contributed by atoms with E-state index in [1.54, 1.807) is 6.20 Å². The number of hydrogen-bond donors (Lipinski definition) is 1. The van der Waals surface area contributed by atoms with Crippen LogP contribution in [0.4, 0.5) is 0 Å². The number of imidazole rings is 1. The van der Waals surface area contributed by atoms with Gasteiger partial charge in [0.2, 0.25) is 0 Å². The van der Waals surface area contributed by atoms with Gasteiger partial charge in [-0.3, -0.25) is 4.90 Å². The largest absolute Gasteiger partial charge is 0.321 e. The van der Waals surface area contributed by atoms with Crippen LogP contribution in [0.3, 0.4) is 0 Å². The zero-order chi connectivity index (χ0) is 13.0. The third-order valence-electron chi connectivity index (χ3n) is 3.57. The van der Waals surface area contributed by atoms with Gasteiger partial charge in [0, 0.05) is 19.6 Å². The van der Waals surface area contributed by atoms with Crippen LogP contribution in [0.1, 0.15) is 32.0 Å². The van der Waals surface area contributed by atoms with E-state index in [1.807, 2.05) is 11.6 Å². The highest BCUT2D eigenvalue weighted by molar-refractivity contribution is 6.29. The molecule has 0 saturated carbocycles. The molecule has 0 radical (unpaired) electrons. The monoisotopic (exact) mass is 270 g/mol. The molecule has 0 aliphatic carbocycles. The third kappa shape index (κ3) is 3.46. The fourth-order valence-corrected chi connectivity index (χ4v) is 2.69. The topological polar surface area (TPSA) is 33.1 Å². The van der Waals surface area contributed by atoms with Crippen LogP contribution in [0.25, 0.3) is 0 Å². The molecular weight excluding hydrogens is 248 g/mol. The Morgan fingerprint density at radius 2 is 2.44 bits per heavy atom. The van der Waals surface area contributed by atoms with Crippen LogP contribution in [-0.4, -0.2) is 40.1 Å². The molecule has 1 aliphatic heterocycles. The summed E-state index contributed by atoms with van der Waals surface area (Å²) >= 11 is 6.03. The Labute approximate surface area is 114 Å². The van der Waals surface area contributed by atoms with Gasteiger partial charge in [-0.05, 0) is 32.4 Å². The molecular formula is C13H23ClN4. The number of aromatic nitrogens is 2. The second kappa shape index (κ2) is 6.55. The van der Waals surface area contributed by atoms with Gasteiger partial charge in [0.25, 0.3) is 0 Å². The van der Waals surface area contributed by atoms with Gasteiger partial charge in [-0.25, -0.2) is 4.98 Å². The van der Waals surface area contributed by atoms with Gasteiger partial charge in [0.05, 0.1) is 12.7 Å². The number of nitrogens with zero attached hydrogens (tertiary/aromatic N) is 3. The van der Waals surface area contributed by atoms with Crippen molar-refractivity contribution in [2.75, 3.05) is 19.6 Å². The van der Waals surface area contributed by atoms with Crippen molar-refractivity contribution in [1.29, 1.82) is 0 Å². The summed E-state index contributed by atoms with van der Waals surface area (Å²) in [5.74, 6) is 1.05. The summed E-state index contributed by atoms with van der Waals surface area (Å²) in [4.78, 5) is 6.85. The molecule has 18 heavy (non-hydrogen) atoms. The van der Waals surface area contributed by atoms with E-state index >= 15 is 0 Å². The fourth-order valence-electron chi connectivity index (χ4n) is 2.55. The van der Waals surface area contributed by atoms with Gasteiger partial charge in [-0.1, -0.05) is 18.5 Å². The Kier molecular flexibility index (Phi) is 5.03. The van der Waals surface area contributed by atoms with Gasteiger partial charge >= 0.3 is 0 Å². The smallest absolute Gasteiger partial charge is 0.128 e. The van der Waals surface area contributed by atoms with E-state index in [2.05, 4.69) is 22.1 Å². The number of halogens is 1. The molecule has 1 aliphatic rings. The van der Waals surface area contributed by atoms with Crippen LogP contribution in [-0.2, 0) is 13.6 Å². The highest BCUT2D eigenvalue weighted by Gasteiger charge is 2.18.